The van der Waals surface area contributed by atoms with Gasteiger partial charge in [0.05, 0.1) is 0 Å². The van der Waals surface area contributed by atoms with Gasteiger partial charge in [-0.15, -0.1) is 0 Å². The van der Waals surface area contributed by atoms with Crippen LogP contribution in [0.3, 0.4) is 0 Å². The molecule has 78 valence electrons. The summed E-state index contributed by atoms with van der Waals surface area (Å²) in [5.74, 6) is 1.91. The summed E-state index contributed by atoms with van der Waals surface area (Å²) in [4.78, 5) is 4.33. The van der Waals surface area contributed by atoms with Gasteiger partial charge in [-0.25, -0.2) is 0 Å². The molecule has 0 spiro atoms. The van der Waals surface area contributed by atoms with Crippen LogP contribution in [0, 0.1) is 0 Å². The second-order valence-electron chi connectivity index (χ2n) is 3.63. The first kappa shape index (κ1) is 9.61. The molecule has 1 aromatic rings. The van der Waals surface area contributed by atoms with E-state index in [1.54, 1.807) is 0 Å². The number of piperidine rings is 1. The SMILES string of the molecule is NCCc1nc(C2CCCNC2)no1. The average Bonchev–Trinajstić information content (AvgIpc) is 2.68. The molecule has 0 saturated carbocycles. The van der Waals surface area contributed by atoms with E-state index < -0.39 is 0 Å². The molecule has 2 heterocycles. The molecule has 5 heteroatoms. The zero-order chi connectivity index (χ0) is 9.80. The molecule has 1 aromatic heterocycles. The van der Waals surface area contributed by atoms with Crippen LogP contribution in [0.15, 0.2) is 4.52 Å². The number of rotatable bonds is 3. The van der Waals surface area contributed by atoms with Crippen molar-refractivity contribution in [3.8, 4) is 0 Å². The third kappa shape index (κ3) is 2.10. The first-order valence-corrected chi connectivity index (χ1v) is 5.13. The first-order valence-electron chi connectivity index (χ1n) is 5.13. The number of aromatic nitrogens is 2. The van der Waals surface area contributed by atoms with Crippen molar-refractivity contribution in [2.75, 3.05) is 19.6 Å². The van der Waals surface area contributed by atoms with Crippen molar-refractivity contribution in [3.63, 3.8) is 0 Å². The van der Waals surface area contributed by atoms with Crippen LogP contribution in [0.4, 0.5) is 0 Å². The normalized spacial score (nSPS) is 22.5. The van der Waals surface area contributed by atoms with Crippen LogP contribution in [0.25, 0.3) is 0 Å². The maximum atomic E-state index is 5.41. The largest absolute Gasteiger partial charge is 0.339 e. The van der Waals surface area contributed by atoms with Gasteiger partial charge in [0, 0.05) is 25.4 Å². The minimum atomic E-state index is 0.416. The molecule has 0 radical (unpaired) electrons. The maximum Gasteiger partial charge on any atom is 0.227 e. The molecular weight excluding hydrogens is 180 g/mol. The molecule has 1 atom stereocenters. The second-order valence-corrected chi connectivity index (χ2v) is 3.63. The number of nitrogens with zero attached hydrogens (tertiary/aromatic N) is 2. The monoisotopic (exact) mass is 196 g/mol. The molecule has 1 unspecified atom stereocenters. The summed E-state index contributed by atoms with van der Waals surface area (Å²) in [6.07, 6.45) is 3.01. The molecule has 2 rings (SSSR count). The number of nitrogens with two attached hydrogens (primary N) is 1. The van der Waals surface area contributed by atoms with E-state index in [1.807, 2.05) is 0 Å². The predicted molar refractivity (Wildman–Crippen MR) is 51.9 cm³/mol. The van der Waals surface area contributed by atoms with Gasteiger partial charge in [0.2, 0.25) is 5.89 Å². The molecule has 14 heavy (non-hydrogen) atoms. The summed E-state index contributed by atoms with van der Waals surface area (Å²) >= 11 is 0. The Morgan fingerprint density at radius 1 is 1.57 bits per heavy atom. The van der Waals surface area contributed by atoms with Crippen LogP contribution in [-0.2, 0) is 6.42 Å². The fraction of sp³-hybridized carbons (Fsp3) is 0.778. The van der Waals surface area contributed by atoms with E-state index in [0.717, 1.165) is 25.3 Å². The van der Waals surface area contributed by atoms with Crippen LogP contribution in [0.5, 0.6) is 0 Å². The van der Waals surface area contributed by atoms with Crippen molar-refractivity contribution in [2.24, 2.45) is 5.73 Å². The third-order valence-corrected chi connectivity index (χ3v) is 2.50. The Labute approximate surface area is 83.1 Å². The lowest BCUT2D eigenvalue weighted by atomic mass is 9.99. The van der Waals surface area contributed by atoms with E-state index in [-0.39, 0.29) is 0 Å². The molecule has 0 aliphatic carbocycles. The maximum absolute atomic E-state index is 5.41. The van der Waals surface area contributed by atoms with E-state index in [4.69, 9.17) is 10.3 Å². The molecule has 1 aliphatic heterocycles. The third-order valence-electron chi connectivity index (χ3n) is 2.50. The van der Waals surface area contributed by atoms with Gasteiger partial charge in [-0.05, 0) is 19.4 Å². The first-order chi connectivity index (χ1) is 6.90. The molecular formula is C9H16N4O. The van der Waals surface area contributed by atoms with Gasteiger partial charge in [0.15, 0.2) is 5.82 Å². The standard InChI is InChI=1S/C9H16N4O/c10-4-3-8-12-9(13-14-8)7-2-1-5-11-6-7/h7,11H,1-6,10H2. The predicted octanol–water partition coefficient (Wildman–Crippen LogP) is 0.0378. The lowest BCUT2D eigenvalue weighted by molar-refractivity contribution is 0.362. The molecule has 0 amide bonds. The Morgan fingerprint density at radius 2 is 2.50 bits per heavy atom. The Kier molecular flexibility index (Phi) is 3.10. The highest BCUT2D eigenvalue weighted by Crippen LogP contribution is 2.20. The minimum Gasteiger partial charge on any atom is -0.339 e. The summed E-state index contributed by atoms with van der Waals surface area (Å²) in [5, 5.41) is 7.31. The van der Waals surface area contributed by atoms with Crippen LogP contribution in [-0.4, -0.2) is 29.8 Å². The topological polar surface area (TPSA) is 77.0 Å². The van der Waals surface area contributed by atoms with Crippen LogP contribution in [0.2, 0.25) is 0 Å². The smallest absolute Gasteiger partial charge is 0.227 e. The molecule has 3 N–H and O–H groups in total. The van der Waals surface area contributed by atoms with E-state index in [0.29, 0.717) is 24.8 Å². The summed E-state index contributed by atoms with van der Waals surface area (Å²) < 4.78 is 5.09. The van der Waals surface area contributed by atoms with Gasteiger partial charge >= 0.3 is 0 Å². The van der Waals surface area contributed by atoms with Crippen LogP contribution >= 0.6 is 0 Å². The minimum absolute atomic E-state index is 0.416. The zero-order valence-electron chi connectivity index (χ0n) is 8.20. The Bertz CT molecular complexity index is 280. The molecule has 1 saturated heterocycles. The fourth-order valence-electron chi connectivity index (χ4n) is 1.73. The Hall–Kier alpha value is -0.940. The summed E-state index contributed by atoms with van der Waals surface area (Å²) in [7, 11) is 0. The summed E-state index contributed by atoms with van der Waals surface area (Å²) in [6.45, 7) is 2.62. The van der Waals surface area contributed by atoms with Gasteiger partial charge in [-0.3, -0.25) is 0 Å². The molecule has 5 nitrogen and oxygen atoms in total. The molecule has 0 aromatic carbocycles. The van der Waals surface area contributed by atoms with Gasteiger partial charge in [0.1, 0.15) is 0 Å². The van der Waals surface area contributed by atoms with Gasteiger partial charge < -0.3 is 15.6 Å². The zero-order valence-corrected chi connectivity index (χ0v) is 8.20. The quantitative estimate of drug-likeness (QED) is 0.713. The van der Waals surface area contributed by atoms with Crippen LogP contribution in [0.1, 0.15) is 30.5 Å². The lowest BCUT2D eigenvalue weighted by Gasteiger charge is -2.19. The second kappa shape index (κ2) is 4.52. The van der Waals surface area contributed by atoms with Crippen LogP contribution < -0.4 is 11.1 Å². The average molecular weight is 196 g/mol. The number of nitrogens with one attached hydrogen (secondary N) is 1. The lowest BCUT2D eigenvalue weighted by Crippen LogP contribution is -2.28. The highest BCUT2D eigenvalue weighted by atomic mass is 16.5. The van der Waals surface area contributed by atoms with E-state index in [9.17, 15) is 0 Å². The van der Waals surface area contributed by atoms with Gasteiger partial charge in [-0.1, -0.05) is 5.16 Å². The highest BCUT2D eigenvalue weighted by molar-refractivity contribution is 4.98. The molecule has 1 fully saturated rings. The van der Waals surface area contributed by atoms with Crippen molar-refractivity contribution in [1.29, 1.82) is 0 Å². The summed E-state index contributed by atoms with van der Waals surface area (Å²) in [6, 6.07) is 0. The number of hydrogen-bond donors (Lipinski definition) is 2. The highest BCUT2D eigenvalue weighted by Gasteiger charge is 2.20. The van der Waals surface area contributed by atoms with E-state index in [2.05, 4.69) is 15.5 Å². The van der Waals surface area contributed by atoms with Crippen molar-refractivity contribution < 1.29 is 4.52 Å². The van der Waals surface area contributed by atoms with Crippen molar-refractivity contribution in [3.05, 3.63) is 11.7 Å². The van der Waals surface area contributed by atoms with Gasteiger partial charge in [0.25, 0.3) is 0 Å². The van der Waals surface area contributed by atoms with E-state index >= 15 is 0 Å². The van der Waals surface area contributed by atoms with Gasteiger partial charge in [-0.2, -0.15) is 4.98 Å². The summed E-state index contributed by atoms with van der Waals surface area (Å²) in [5.41, 5.74) is 5.41. The number of hydrogen-bond acceptors (Lipinski definition) is 5. The Balaban J connectivity index is 2.00. The van der Waals surface area contributed by atoms with Crippen molar-refractivity contribution in [2.45, 2.75) is 25.2 Å². The fourth-order valence-corrected chi connectivity index (χ4v) is 1.73. The van der Waals surface area contributed by atoms with Crippen molar-refractivity contribution in [1.82, 2.24) is 15.5 Å². The molecule has 1 aliphatic rings. The molecule has 0 bridgehead atoms. The van der Waals surface area contributed by atoms with Crippen molar-refractivity contribution >= 4 is 0 Å². The van der Waals surface area contributed by atoms with E-state index in [1.165, 1.54) is 6.42 Å². The Morgan fingerprint density at radius 3 is 3.21 bits per heavy atom.